The zero-order valence-electron chi connectivity index (χ0n) is 18.2. The van der Waals surface area contributed by atoms with Crippen molar-refractivity contribution in [1.82, 2.24) is 10.6 Å². The molecule has 0 heterocycles. The van der Waals surface area contributed by atoms with Gasteiger partial charge in [0.15, 0.2) is 4.90 Å². The maximum Gasteiger partial charge on any atom is 0.578 e. The van der Waals surface area contributed by atoms with Crippen molar-refractivity contribution < 1.29 is 22.5 Å². The van der Waals surface area contributed by atoms with E-state index < -0.39 is 27.5 Å². The molecule has 0 radical (unpaired) electrons. The minimum absolute atomic E-state index is 0.183. The molecule has 1 fully saturated rings. The third kappa shape index (κ3) is 7.66. The number of rotatable bonds is 8. The molecule has 2 unspecified atom stereocenters. The van der Waals surface area contributed by atoms with E-state index in [-0.39, 0.29) is 35.1 Å². The number of alkyl halides is 3. The number of amides is 1. The summed E-state index contributed by atoms with van der Waals surface area (Å²) in [6.45, 7) is 4.07. The third-order valence-electron chi connectivity index (χ3n) is 5.11. The summed E-state index contributed by atoms with van der Waals surface area (Å²) in [4.78, 5) is 11.4. The SMILES string of the molecule is CC(C)N[C@@H]1CC[C@H](N/C=C(\C(=N)Nc2ccc([S+]([O-])C(F)(F)F)cc2)C(N)=O)C(C#N)C1. The monoisotopic (exact) mass is 484 g/mol. The van der Waals surface area contributed by atoms with Crippen LogP contribution in [0.4, 0.5) is 18.9 Å². The highest BCUT2D eigenvalue weighted by atomic mass is 32.2. The third-order valence-corrected chi connectivity index (χ3v) is 6.23. The highest BCUT2D eigenvalue weighted by Crippen LogP contribution is 2.30. The van der Waals surface area contributed by atoms with Gasteiger partial charge in [-0.25, -0.2) is 0 Å². The second-order valence-corrected chi connectivity index (χ2v) is 9.47. The molecule has 1 amide bonds. The van der Waals surface area contributed by atoms with Crippen LogP contribution in [0.15, 0.2) is 40.9 Å². The Kier molecular flexibility index (Phi) is 9.16. The molecule has 4 atom stereocenters. The molecule has 180 valence electrons. The maximum absolute atomic E-state index is 12.6. The molecular weight excluding hydrogens is 457 g/mol. The molecule has 0 bridgehead atoms. The molecule has 1 saturated carbocycles. The average Bonchev–Trinajstić information content (AvgIpc) is 2.73. The topological polar surface area (TPSA) is 150 Å². The Hall–Kier alpha value is -2.75. The van der Waals surface area contributed by atoms with Crippen molar-refractivity contribution in [2.24, 2.45) is 11.7 Å². The van der Waals surface area contributed by atoms with E-state index in [4.69, 9.17) is 11.1 Å². The standard InChI is InChI=1S/C21H27F3N6O2S/c1-12(2)29-15-5-8-18(13(9-15)10-25)28-11-17(20(27)31)19(26)30-14-3-6-16(7-4-14)33(32)21(22,23)24/h3-4,6-7,11-13,15,18,28-29H,5,8-9H2,1-2H3,(H2,26,30)(H2,27,31)/b17-11+/t13?,15-,18+,33?/m1/s1. The number of anilines is 1. The number of nitrogens with one attached hydrogen (secondary N) is 4. The van der Waals surface area contributed by atoms with Gasteiger partial charge < -0.3 is 26.2 Å². The zero-order chi connectivity index (χ0) is 24.8. The van der Waals surface area contributed by atoms with Gasteiger partial charge in [0.25, 0.3) is 5.91 Å². The van der Waals surface area contributed by atoms with Crippen LogP contribution < -0.4 is 21.7 Å². The Bertz CT molecular complexity index is 914. The highest BCUT2D eigenvalue weighted by molar-refractivity contribution is 7.92. The molecule has 2 rings (SSSR count). The van der Waals surface area contributed by atoms with Gasteiger partial charge in [0.2, 0.25) is 0 Å². The van der Waals surface area contributed by atoms with Crippen molar-refractivity contribution in [2.45, 2.75) is 61.6 Å². The van der Waals surface area contributed by atoms with Crippen molar-refractivity contribution in [3.8, 4) is 6.07 Å². The first-order valence-corrected chi connectivity index (χ1v) is 11.4. The van der Waals surface area contributed by atoms with Gasteiger partial charge in [-0.05, 0) is 43.5 Å². The molecule has 1 aromatic rings. The molecule has 33 heavy (non-hydrogen) atoms. The lowest BCUT2D eigenvalue weighted by molar-refractivity contribution is -0.114. The molecule has 1 aromatic carbocycles. The quantitative estimate of drug-likeness (QED) is 0.166. The van der Waals surface area contributed by atoms with E-state index in [9.17, 15) is 27.8 Å². The van der Waals surface area contributed by atoms with Crippen LogP contribution in [0.2, 0.25) is 0 Å². The van der Waals surface area contributed by atoms with Gasteiger partial charge in [0.05, 0.1) is 28.7 Å². The fourth-order valence-corrected chi connectivity index (χ4v) is 4.25. The molecule has 1 aliphatic rings. The fourth-order valence-electron chi connectivity index (χ4n) is 3.60. The summed E-state index contributed by atoms with van der Waals surface area (Å²) in [6, 6.07) is 7.06. The fraction of sp³-hybridized carbons (Fsp3) is 0.476. The second-order valence-electron chi connectivity index (χ2n) is 8.00. The number of nitrogens with zero attached hydrogens (tertiary/aromatic N) is 1. The summed E-state index contributed by atoms with van der Waals surface area (Å²) < 4.78 is 49.1. The number of benzene rings is 1. The molecule has 12 heteroatoms. The van der Waals surface area contributed by atoms with Gasteiger partial charge >= 0.3 is 5.51 Å². The Morgan fingerprint density at radius 3 is 2.48 bits per heavy atom. The average molecular weight is 485 g/mol. The molecule has 0 spiro atoms. The van der Waals surface area contributed by atoms with Crippen LogP contribution in [0, 0.1) is 22.7 Å². The highest BCUT2D eigenvalue weighted by Gasteiger charge is 2.46. The summed E-state index contributed by atoms with van der Waals surface area (Å²) in [7, 11) is 0. The van der Waals surface area contributed by atoms with E-state index in [2.05, 4.69) is 22.0 Å². The molecule has 0 aliphatic heterocycles. The lowest BCUT2D eigenvalue weighted by atomic mass is 9.82. The number of carbonyl (C=O) groups excluding carboxylic acids is 1. The summed E-state index contributed by atoms with van der Waals surface area (Å²) in [5, 5.41) is 26.7. The number of amidine groups is 1. The van der Waals surface area contributed by atoms with Crippen molar-refractivity contribution in [3.63, 3.8) is 0 Å². The minimum atomic E-state index is -4.87. The van der Waals surface area contributed by atoms with Crippen molar-refractivity contribution in [2.75, 3.05) is 5.32 Å². The van der Waals surface area contributed by atoms with E-state index >= 15 is 0 Å². The zero-order valence-corrected chi connectivity index (χ0v) is 19.0. The van der Waals surface area contributed by atoms with Crippen LogP contribution in [-0.4, -0.2) is 39.9 Å². The van der Waals surface area contributed by atoms with Crippen LogP contribution in [-0.2, 0) is 16.0 Å². The summed E-state index contributed by atoms with van der Waals surface area (Å²) in [6.07, 6.45) is 3.46. The van der Waals surface area contributed by atoms with Gasteiger partial charge in [-0.1, -0.05) is 13.8 Å². The number of hydrogen-bond acceptors (Lipinski definition) is 6. The van der Waals surface area contributed by atoms with E-state index in [1.54, 1.807) is 0 Å². The van der Waals surface area contributed by atoms with E-state index in [0.29, 0.717) is 18.9 Å². The van der Waals surface area contributed by atoms with Crippen molar-refractivity contribution in [1.29, 1.82) is 10.7 Å². The number of hydrogen-bond donors (Lipinski definition) is 5. The largest absolute Gasteiger partial charge is 0.604 e. The summed E-state index contributed by atoms with van der Waals surface area (Å²) >= 11 is -3.16. The molecule has 0 aromatic heterocycles. The maximum atomic E-state index is 12.6. The summed E-state index contributed by atoms with van der Waals surface area (Å²) in [5.74, 6) is -1.56. The number of carbonyl (C=O) groups is 1. The normalized spacial score (nSPS) is 22.4. The molecule has 0 saturated heterocycles. The van der Waals surface area contributed by atoms with Crippen molar-refractivity contribution in [3.05, 3.63) is 36.0 Å². The van der Waals surface area contributed by atoms with Gasteiger partial charge in [-0.15, -0.1) is 13.2 Å². The Labute approximate surface area is 193 Å². The Morgan fingerprint density at radius 1 is 1.33 bits per heavy atom. The number of nitrogens with two attached hydrogens (primary N) is 1. The van der Waals surface area contributed by atoms with Crippen molar-refractivity contribution >= 4 is 28.6 Å². The first kappa shape index (κ1) is 26.5. The van der Waals surface area contributed by atoms with Crippen LogP contribution in [0.3, 0.4) is 0 Å². The minimum Gasteiger partial charge on any atom is -0.604 e. The Morgan fingerprint density at radius 2 is 1.97 bits per heavy atom. The van der Waals surface area contributed by atoms with Gasteiger partial charge in [-0.3, -0.25) is 10.2 Å². The van der Waals surface area contributed by atoms with E-state index in [1.807, 2.05) is 13.8 Å². The van der Waals surface area contributed by atoms with Gasteiger partial charge in [-0.2, -0.15) is 5.26 Å². The molecular formula is C21H27F3N6O2S. The van der Waals surface area contributed by atoms with Crippen LogP contribution in [0.25, 0.3) is 0 Å². The Balaban J connectivity index is 2.05. The van der Waals surface area contributed by atoms with Crippen LogP contribution in [0.5, 0.6) is 0 Å². The lowest BCUT2D eigenvalue weighted by Gasteiger charge is -2.34. The van der Waals surface area contributed by atoms with E-state index in [0.717, 1.165) is 18.6 Å². The number of nitriles is 1. The molecule has 6 N–H and O–H groups in total. The smallest absolute Gasteiger partial charge is 0.578 e. The first-order valence-electron chi connectivity index (χ1n) is 10.3. The predicted molar refractivity (Wildman–Crippen MR) is 119 cm³/mol. The number of primary amides is 1. The molecule has 1 aliphatic carbocycles. The van der Waals surface area contributed by atoms with Crippen LogP contribution >= 0.6 is 0 Å². The predicted octanol–water partition coefficient (Wildman–Crippen LogP) is 2.72. The lowest BCUT2D eigenvalue weighted by Crippen LogP contribution is -2.46. The second kappa shape index (κ2) is 11.4. The van der Waals surface area contributed by atoms with Gasteiger partial charge in [0.1, 0.15) is 5.84 Å². The number of halogens is 3. The van der Waals surface area contributed by atoms with Crippen LogP contribution in [0.1, 0.15) is 33.1 Å². The summed E-state index contributed by atoms with van der Waals surface area (Å²) in [5.41, 5.74) is 0.550. The first-order chi connectivity index (χ1) is 15.4. The van der Waals surface area contributed by atoms with Gasteiger partial charge in [0, 0.05) is 30.0 Å². The van der Waals surface area contributed by atoms with E-state index in [1.165, 1.54) is 18.3 Å². The molecule has 8 nitrogen and oxygen atoms in total.